The zero-order valence-corrected chi connectivity index (χ0v) is 12.8. The largest absolute Gasteiger partial charge is 0.302 e. The van der Waals surface area contributed by atoms with Crippen LogP contribution < -0.4 is 5.32 Å². The highest BCUT2D eigenvalue weighted by Gasteiger charge is 2.39. The maximum atomic E-state index is 11.9. The summed E-state index contributed by atoms with van der Waals surface area (Å²) in [5, 5.41) is 5.63. The average molecular weight is 286 g/mol. The molecule has 1 aromatic carbocycles. The number of amides is 1. The molecule has 0 spiro atoms. The Morgan fingerprint density at radius 2 is 2.15 bits per heavy atom. The first-order valence-electron chi connectivity index (χ1n) is 6.88. The molecule has 1 saturated carbocycles. The van der Waals surface area contributed by atoms with Crippen molar-refractivity contribution in [3.63, 3.8) is 0 Å². The zero-order chi connectivity index (χ0) is 14.3. The van der Waals surface area contributed by atoms with Crippen LogP contribution in [0.3, 0.4) is 0 Å². The van der Waals surface area contributed by atoms with Gasteiger partial charge in [-0.3, -0.25) is 4.79 Å². The van der Waals surface area contributed by atoms with Crippen LogP contribution in [0.25, 0.3) is 11.3 Å². The fourth-order valence-electron chi connectivity index (χ4n) is 2.44. The summed E-state index contributed by atoms with van der Waals surface area (Å²) < 4.78 is 0. The van der Waals surface area contributed by atoms with E-state index in [1.165, 1.54) is 22.5 Å². The van der Waals surface area contributed by atoms with Crippen LogP contribution >= 0.6 is 11.3 Å². The van der Waals surface area contributed by atoms with Gasteiger partial charge in [-0.2, -0.15) is 0 Å². The molecule has 104 valence electrons. The number of nitrogens with one attached hydrogen (secondary N) is 1. The highest BCUT2D eigenvalue weighted by Crippen LogP contribution is 2.39. The Hall–Kier alpha value is -1.68. The molecule has 1 aliphatic rings. The van der Waals surface area contributed by atoms with E-state index in [1.807, 2.05) is 5.38 Å². The summed E-state index contributed by atoms with van der Waals surface area (Å²) in [5.41, 5.74) is 4.53. The molecule has 1 N–H and O–H groups in total. The summed E-state index contributed by atoms with van der Waals surface area (Å²) in [6.45, 7) is 6.28. The molecule has 1 heterocycles. The highest BCUT2D eigenvalue weighted by molar-refractivity contribution is 7.14. The number of aromatic nitrogens is 1. The van der Waals surface area contributed by atoms with Gasteiger partial charge in [-0.1, -0.05) is 30.7 Å². The minimum Gasteiger partial charge on any atom is -0.302 e. The summed E-state index contributed by atoms with van der Waals surface area (Å²) in [6, 6.07) is 6.33. The van der Waals surface area contributed by atoms with Crippen molar-refractivity contribution in [1.29, 1.82) is 0 Å². The van der Waals surface area contributed by atoms with Crippen LogP contribution in [0.5, 0.6) is 0 Å². The quantitative estimate of drug-likeness (QED) is 0.926. The molecule has 0 saturated heterocycles. The van der Waals surface area contributed by atoms with E-state index in [0.717, 1.165) is 17.7 Å². The van der Waals surface area contributed by atoms with Gasteiger partial charge >= 0.3 is 0 Å². The number of hydrogen-bond acceptors (Lipinski definition) is 3. The van der Waals surface area contributed by atoms with Gasteiger partial charge in [-0.15, -0.1) is 11.3 Å². The van der Waals surface area contributed by atoms with E-state index in [9.17, 15) is 4.79 Å². The molecule has 1 amide bonds. The number of carbonyl (C=O) groups is 1. The van der Waals surface area contributed by atoms with Gasteiger partial charge in [-0.05, 0) is 31.7 Å². The molecular weight excluding hydrogens is 268 g/mol. The third kappa shape index (κ3) is 2.61. The SMILES string of the molecule is Cc1ccc(-c2csc(NC(=O)[C@H]3C[C@@H]3C)n2)c(C)c1. The van der Waals surface area contributed by atoms with E-state index >= 15 is 0 Å². The molecule has 4 heteroatoms. The third-order valence-electron chi connectivity index (χ3n) is 3.84. The molecule has 1 fully saturated rings. The Kier molecular flexibility index (Phi) is 3.34. The minimum atomic E-state index is 0.110. The molecule has 2 atom stereocenters. The van der Waals surface area contributed by atoms with Gasteiger partial charge in [-0.25, -0.2) is 4.98 Å². The lowest BCUT2D eigenvalue weighted by Gasteiger charge is -2.03. The minimum absolute atomic E-state index is 0.110. The second-order valence-corrected chi connectivity index (χ2v) is 6.52. The number of benzene rings is 1. The summed E-state index contributed by atoms with van der Waals surface area (Å²) in [7, 11) is 0. The molecule has 0 aliphatic heterocycles. The second kappa shape index (κ2) is 5.02. The topological polar surface area (TPSA) is 42.0 Å². The molecule has 1 aliphatic carbocycles. The average Bonchev–Trinajstić information content (AvgIpc) is 2.95. The fraction of sp³-hybridized carbons (Fsp3) is 0.375. The smallest absolute Gasteiger partial charge is 0.229 e. The molecule has 0 radical (unpaired) electrons. The first-order valence-corrected chi connectivity index (χ1v) is 7.76. The lowest BCUT2D eigenvalue weighted by Crippen LogP contribution is -2.14. The Bertz CT molecular complexity index is 662. The summed E-state index contributed by atoms with van der Waals surface area (Å²) >= 11 is 1.49. The summed E-state index contributed by atoms with van der Waals surface area (Å²) in [6.07, 6.45) is 1.00. The van der Waals surface area contributed by atoms with Gasteiger partial charge in [0.15, 0.2) is 5.13 Å². The molecular formula is C16H18N2OS. The van der Waals surface area contributed by atoms with Crippen LogP contribution in [0, 0.1) is 25.7 Å². The van der Waals surface area contributed by atoms with Gasteiger partial charge in [0.05, 0.1) is 5.69 Å². The molecule has 0 bridgehead atoms. The van der Waals surface area contributed by atoms with Gasteiger partial charge in [0.2, 0.25) is 5.91 Å². The van der Waals surface area contributed by atoms with E-state index in [2.05, 4.69) is 49.3 Å². The van der Waals surface area contributed by atoms with E-state index in [4.69, 9.17) is 0 Å². The standard InChI is InChI=1S/C16H18N2OS/c1-9-4-5-12(10(2)6-9)14-8-20-16(17-14)18-15(19)13-7-11(13)3/h4-6,8,11,13H,7H2,1-3H3,(H,17,18,19)/t11-,13-/m0/s1. The van der Waals surface area contributed by atoms with Gasteiger partial charge < -0.3 is 5.32 Å². The first kappa shape index (κ1) is 13.3. The second-order valence-electron chi connectivity index (χ2n) is 5.67. The Balaban J connectivity index is 1.78. The number of rotatable bonds is 3. The Morgan fingerprint density at radius 1 is 1.40 bits per heavy atom. The molecule has 2 aromatic rings. The molecule has 1 aromatic heterocycles. The fourth-order valence-corrected chi connectivity index (χ4v) is 3.15. The van der Waals surface area contributed by atoms with Crippen molar-refractivity contribution < 1.29 is 4.79 Å². The van der Waals surface area contributed by atoms with Crippen LogP contribution in [-0.4, -0.2) is 10.9 Å². The number of thiazole rings is 1. The predicted octanol–water partition coefficient (Wildman–Crippen LogP) is 4.02. The monoisotopic (exact) mass is 286 g/mol. The van der Waals surface area contributed by atoms with Crippen LogP contribution in [0.2, 0.25) is 0 Å². The molecule has 20 heavy (non-hydrogen) atoms. The predicted molar refractivity (Wildman–Crippen MR) is 82.9 cm³/mol. The highest BCUT2D eigenvalue weighted by atomic mass is 32.1. The van der Waals surface area contributed by atoms with Crippen molar-refractivity contribution in [1.82, 2.24) is 4.98 Å². The number of carbonyl (C=O) groups excluding carboxylic acids is 1. The van der Waals surface area contributed by atoms with E-state index in [0.29, 0.717) is 11.0 Å². The summed E-state index contributed by atoms with van der Waals surface area (Å²) in [4.78, 5) is 16.4. The Morgan fingerprint density at radius 3 is 2.80 bits per heavy atom. The molecule has 3 rings (SSSR count). The van der Waals surface area contributed by atoms with Crippen molar-refractivity contribution in [2.45, 2.75) is 27.2 Å². The van der Waals surface area contributed by atoms with E-state index < -0.39 is 0 Å². The normalized spacial score (nSPS) is 20.8. The van der Waals surface area contributed by atoms with Gasteiger partial charge in [0.25, 0.3) is 0 Å². The molecule has 3 nitrogen and oxygen atoms in total. The van der Waals surface area contributed by atoms with Gasteiger partial charge in [0.1, 0.15) is 0 Å². The van der Waals surface area contributed by atoms with Crippen molar-refractivity contribution in [3.05, 3.63) is 34.7 Å². The summed E-state index contributed by atoms with van der Waals surface area (Å²) in [5.74, 6) is 0.816. The number of hydrogen-bond donors (Lipinski definition) is 1. The van der Waals surface area contributed by atoms with Crippen LogP contribution in [-0.2, 0) is 4.79 Å². The molecule has 0 unspecified atom stereocenters. The van der Waals surface area contributed by atoms with Crippen molar-refractivity contribution in [2.75, 3.05) is 5.32 Å². The van der Waals surface area contributed by atoms with Crippen LogP contribution in [0.15, 0.2) is 23.6 Å². The third-order valence-corrected chi connectivity index (χ3v) is 4.60. The maximum Gasteiger partial charge on any atom is 0.229 e. The van der Waals surface area contributed by atoms with Gasteiger partial charge in [0, 0.05) is 16.9 Å². The lowest BCUT2D eigenvalue weighted by molar-refractivity contribution is -0.117. The van der Waals surface area contributed by atoms with Crippen LogP contribution in [0.4, 0.5) is 5.13 Å². The van der Waals surface area contributed by atoms with E-state index in [1.54, 1.807) is 0 Å². The van der Waals surface area contributed by atoms with E-state index in [-0.39, 0.29) is 11.8 Å². The lowest BCUT2D eigenvalue weighted by atomic mass is 10.0. The maximum absolute atomic E-state index is 11.9. The van der Waals surface area contributed by atoms with Crippen LogP contribution in [0.1, 0.15) is 24.5 Å². The number of aryl methyl sites for hydroxylation is 2. The Labute approximate surface area is 123 Å². The number of nitrogens with zero attached hydrogens (tertiary/aromatic N) is 1. The number of anilines is 1. The van der Waals surface area contributed by atoms with Crippen molar-refractivity contribution >= 4 is 22.4 Å². The first-order chi connectivity index (χ1) is 9.54. The zero-order valence-electron chi connectivity index (χ0n) is 11.9. The van der Waals surface area contributed by atoms with Crippen molar-refractivity contribution in [2.24, 2.45) is 11.8 Å². The van der Waals surface area contributed by atoms with Crippen molar-refractivity contribution in [3.8, 4) is 11.3 Å².